The molecule has 0 unspecified atom stereocenters. The highest BCUT2D eigenvalue weighted by atomic mass is 16.6. The van der Waals surface area contributed by atoms with Crippen molar-refractivity contribution in [2.45, 2.75) is 78.7 Å². The summed E-state index contributed by atoms with van der Waals surface area (Å²) < 4.78 is 10.6. The summed E-state index contributed by atoms with van der Waals surface area (Å²) in [6.07, 6.45) is -1.93. The summed E-state index contributed by atoms with van der Waals surface area (Å²) in [6, 6.07) is 0. The number of hydrogen-bond acceptors (Lipinski definition) is 5. The number of carbonyl (C=O) groups excluding carboxylic acids is 2. The Hall–Kier alpha value is -1.80. The molecule has 0 N–H and O–H groups in total. The first-order chi connectivity index (χ1) is 11.8. The van der Waals surface area contributed by atoms with Crippen LogP contribution in [0.2, 0.25) is 0 Å². The molecule has 2 amide bonds. The Kier molecular flexibility index (Phi) is 5.31. The molecule has 1 radical (unpaired) electrons. The molecular weight excluding hydrogens is 338 g/mol. The van der Waals surface area contributed by atoms with Crippen LogP contribution in [-0.2, 0) is 14.7 Å². The van der Waals surface area contributed by atoms with Crippen molar-refractivity contribution in [3.05, 3.63) is 11.1 Å². The summed E-state index contributed by atoms with van der Waals surface area (Å²) in [5.41, 5.74) is 0.130. The molecule has 2 aliphatic heterocycles. The third kappa shape index (κ3) is 3.40. The average molecular weight is 368 g/mol. The highest BCUT2D eigenvalue weighted by molar-refractivity contribution is 5.76. The van der Waals surface area contributed by atoms with E-state index in [0.29, 0.717) is 0 Å². The van der Waals surface area contributed by atoms with E-state index in [1.54, 1.807) is 27.7 Å². The van der Waals surface area contributed by atoms with E-state index in [9.17, 15) is 14.8 Å². The minimum Gasteiger partial charge on any atom is -0.445 e. The summed E-state index contributed by atoms with van der Waals surface area (Å²) in [5, 5.41) is 16.3. The number of rotatable bonds is 2. The summed E-state index contributed by atoms with van der Waals surface area (Å²) in [4.78, 5) is 25.2. The molecule has 0 aliphatic carbocycles. The van der Waals surface area contributed by atoms with Gasteiger partial charge in [0.15, 0.2) is 0 Å². The van der Waals surface area contributed by atoms with Gasteiger partial charge in [0.05, 0.1) is 36.4 Å². The maximum absolute atomic E-state index is 12.8. The first-order valence-electron chi connectivity index (χ1n) is 8.96. The van der Waals surface area contributed by atoms with E-state index in [2.05, 4.69) is 0 Å². The Balaban J connectivity index is 2.44. The average Bonchev–Trinajstić information content (AvgIpc) is 2.63. The van der Waals surface area contributed by atoms with Gasteiger partial charge < -0.3 is 9.47 Å². The van der Waals surface area contributed by atoms with Crippen molar-refractivity contribution in [3.63, 3.8) is 0 Å². The van der Waals surface area contributed by atoms with Gasteiger partial charge in [-0.05, 0) is 66.5 Å². The number of nitrogens with zero attached hydrogens (tertiary/aromatic N) is 3. The van der Waals surface area contributed by atoms with E-state index in [1.807, 2.05) is 27.7 Å². The van der Waals surface area contributed by atoms with Crippen LogP contribution in [0.25, 0.3) is 0 Å². The van der Waals surface area contributed by atoms with Gasteiger partial charge in [-0.15, -0.1) is 10.3 Å². The fourth-order valence-electron chi connectivity index (χ4n) is 3.58. The lowest BCUT2D eigenvalue weighted by molar-refractivity contribution is -0.240. The van der Waals surface area contributed by atoms with E-state index in [4.69, 9.17) is 9.47 Å². The summed E-state index contributed by atoms with van der Waals surface area (Å²) in [7, 11) is 0. The van der Waals surface area contributed by atoms with Gasteiger partial charge in [0.25, 0.3) is 0 Å². The second kappa shape index (κ2) is 6.74. The monoisotopic (exact) mass is 368 g/mol. The van der Waals surface area contributed by atoms with Crippen LogP contribution in [0.5, 0.6) is 0 Å². The largest absolute Gasteiger partial charge is 0.445 e. The molecule has 8 heteroatoms. The molecule has 2 heterocycles. The van der Waals surface area contributed by atoms with E-state index in [1.165, 1.54) is 10.0 Å². The first-order valence-corrected chi connectivity index (χ1v) is 8.96. The third-order valence-electron chi connectivity index (χ3n) is 4.86. The lowest BCUT2D eigenvalue weighted by atomic mass is 9.89. The fourth-order valence-corrected chi connectivity index (χ4v) is 3.58. The summed E-state index contributed by atoms with van der Waals surface area (Å²) >= 11 is 0. The predicted molar refractivity (Wildman–Crippen MR) is 94.4 cm³/mol. The zero-order valence-corrected chi connectivity index (χ0v) is 17.0. The zero-order chi connectivity index (χ0) is 20.0. The smallest absolute Gasteiger partial charge is 0.429 e. The predicted octanol–water partition coefficient (Wildman–Crippen LogP) is 3.12. The standard InChI is InChI=1S/C18H30N3O5/c1-11(2)25-15(22)19-9-13-14(10-20(19)16(23)26-12(3)4)18(7,8)21(24)17(13,5)6/h11-12H,9-10H2,1-8H3. The van der Waals surface area contributed by atoms with Crippen molar-refractivity contribution >= 4 is 12.2 Å². The van der Waals surface area contributed by atoms with Gasteiger partial charge in [-0.3, -0.25) is 0 Å². The number of hydroxylamine groups is 2. The van der Waals surface area contributed by atoms with Crippen LogP contribution in [0.15, 0.2) is 11.1 Å². The SMILES string of the molecule is CC(C)OC(=O)N1CC2=C(CN1C(=O)OC(C)C)C(C)(C)N([O])C2(C)C. The molecule has 0 atom stereocenters. The summed E-state index contributed by atoms with van der Waals surface area (Å²) in [6.45, 7) is 14.5. The second-order valence-electron chi connectivity index (χ2n) is 8.35. The van der Waals surface area contributed by atoms with E-state index in [-0.39, 0.29) is 25.3 Å². The topological polar surface area (TPSA) is 82.2 Å². The molecule has 0 saturated carbocycles. The first kappa shape index (κ1) is 20.5. The molecule has 0 fully saturated rings. The highest BCUT2D eigenvalue weighted by Gasteiger charge is 2.55. The number of amides is 2. The van der Waals surface area contributed by atoms with Gasteiger partial charge in [-0.1, -0.05) is 0 Å². The Morgan fingerprint density at radius 2 is 1.12 bits per heavy atom. The van der Waals surface area contributed by atoms with Gasteiger partial charge in [0, 0.05) is 0 Å². The molecule has 2 aliphatic rings. The number of carbonyl (C=O) groups is 2. The number of ether oxygens (including phenoxy) is 2. The quantitative estimate of drug-likeness (QED) is 0.700. The van der Waals surface area contributed by atoms with Gasteiger partial charge in [0.2, 0.25) is 0 Å². The van der Waals surface area contributed by atoms with Crippen LogP contribution >= 0.6 is 0 Å². The summed E-state index contributed by atoms with van der Waals surface area (Å²) in [5.74, 6) is 0. The molecular formula is C18H30N3O5. The molecule has 2 rings (SSSR count). The van der Waals surface area contributed by atoms with Crippen molar-refractivity contribution in [2.24, 2.45) is 0 Å². The molecule has 8 nitrogen and oxygen atoms in total. The van der Waals surface area contributed by atoms with E-state index < -0.39 is 23.3 Å². The van der Waals surface area contributed by atoms with Crippen molar-refractivity contribution in [1.82, 2.24) is 15.1 Å². The van der Waals surface area contributed by atoms with Crippen LogP contribution in [0, 0.1) is 0 Å². The maximum atomic E-state index is 12.8. The van der Waals surface area contributed by atoms with Gasteiger partial charge in [0.1, 0.15) is 0 Å². The molecule has 0 aromatic heterocycles. The fraction of sp³-hybridized carbons (Fsp3) is 0.778. The Labute approximate surface area is 155 Å². The van der Waals surface area contributed by atoms with Crippen LogP contribution in [0.1, 0.15) is 55.4 Å². The Bertz CT molecular complexity index is 572. The normalized spacial score (nSPS) is 22.1. The number of hydrogen-bond donors (Lipinski definition) is 0. The van der Waals surface area contributed by atoms with E-state index in [0.717, 1.165) is 16.2 Å². The third-order valence-corrected chi connectivity index (χ3v) is 4.86. The van der Waals surface area contributed by atoms with Gasteiger partial charge in [-0.2, -0.15) is 0 Å². The molecule has 26 heavy (non-hydrogen) atoms. The van der Waals surface area contributed by atoms with Crippen LogP contribution in [-0.4, -0.2) is 63.6 Å². The Morgan fingerprint density at radius 1 is 0.808 bits per heavy atom. The maximum Gasteiger partial charge on any atom is 0.429 e. The zero-order valence-electron chi connectivity index (χ0n) is 17.0. The number of hydrazine groups is 1. The Morgan fingerprint density at radius 3 is 1.38 bits per heavy atom. The van der Waals surface area contributed by atoms with Crippen LogP contribution in [0.4, 0.5) is 9.59 Å². The lowest BCUT2D eigenvalue weighted by Crippen LogP contribution is -2.56. The van der Waals surface area contributed by atoms with Crippen molar-refractivity contribution in [1.29, 1.82) is 0 Å². The highest BCUT2D eigenvalue weighted by Crippen LogP contribution is 2.46. The molecule has 147 valence electrons. The van der Waals surface area contributed by atoms with Crippen LogP contribution in [0.3, 0.4) is 0 Å². The lowest BCUT2D eigenvalue weighted by Gasteiger charge is -2.40. The van der Waals surface area contributed by atoms with E-state index >= 15 is 0 Å². The molecule has 0 bridgehead atoms. The van der Waals surface area contributed by atoms with Gasteiger partial charge >= 0.3 is 12.2 Å². The minimum absolute atomic E-state index is 0.114. The molecule has 0 saturated heterocycles. The molecule has 0 spiro atoms. The van der Waals surface area contributed by atoms with Crippen molar-refractivity contribution in [3.8, 4) is 0 Å². The van der Waals surface area contributed by atoms with Gasteiger partial charge in [-0.25, -0.2) is 19.6 Å². The molecule has 0 aromatic rings. The van der Waals surface area contributed by atoms with Crippen molar-refractivity contribution in [2.75, 3.05) is 13.1 Å². The molecule has 0 aromatic carbocycles. The van der Waals surface area contributed by atoms with Crippen LogP contribution < -0.4 is 0 Å². The van der Waals surface area contributed by atoms with Crippen molar-refractivity contribution < 1.29 is 24.3 Å². The minimum atomic E-state index is -0.775. The second-order valence-corrected chi connectivity index (χ2v) is 8.35.